The highest BCUT2D eigenvalue weighted by atomic mass is 127. The Kier molecular flexibility index (Phi) is 8.61. The highest BCUT2D eigenvalue weighted by molar-refractivity contribution is 14.0. The molecule has 6 nitrogen and oxygen atoms in total. The van der Waals surface area contributed by atoms with Gasteiger partial charge in [0.15, 0.2) is 11.6 Å². The molecule has 2 atom stereocenters. The summed E-state index contributed by atoms with van der Waals surface area (Å²) in [6, 6.07) is 6.53. The molecule has 1 fully saturated rings. The molecular weight excluding hydrogens is 439 g/mol. The molecule has 2 unspecified atom stereocenters. The number of aryl methyl sites for hydroxylation is 1. The van der Waals surface area contributed by atoms with Crippen LogP contribution in [0.2, 0.25) is 0 Å². The Morgan fingerprint density at radius 3 is 3.00 bits per heavy atom. The highest BCUT2D eigenvalue weighted by Crippen LogP contribution is 2.23. The van der Waals surface area contributed by atoms with Crippen LogP contribution in [0.1, 0.15) is 51.8 Å². The minimum atomic E-state index is 0. The van der Waals surface area contributed by atoms with Gasteiger partial charge >= 0.3 is 0 Å². The lowest BCUT2D eigenvalue weighted by molar-refractivity contribution is 0.324. The van der Waals surface area contributed by atoms with E-state index >= 15 is 0 Å². The SMILES string of the molecule is CCNC(=NCCCc1nnc2ccccn12)NC1CCCC(C)C1.I. The Morgan fingerprint density at radius 2 is 2.19 bits per heavy atom. The van der Waals surface area contributed by atoms with E-state index in [1.807, 2.05) is 24.4 Å². The van der Waals surface area contributed by atoms with Crippen molar-refractivity contribution >= 4 is 35.6 Å². The van der Waals surface area contributed by atoms with Crippen molar-refractivity contribution in [1.29, 1.82) is 0 Å². The fourth-order valence-corrected chi connectivity index (χ4v) is 3.57. The van der Waals surface area contributed by atoms with E-state index in [0.29, 0.717) is 6.04 Å². The first-order valence-corrected chi connectivity index (χ1v) is 9.59. The van der Waals surface area contributed by atoms with Crippen LogP contribution in [-0.2, 0) is 6.42 Å². The summed E-state index contributed by atoms with van der Waals surface area (Å²) in [6.45, 7) is 6.14. The van der Waals surface area contributed by atoms with Crippen molar-refractivity contribution in [3.8, 4) is 0 Å². The minimum absolute atomic E-state index is 0. The second-order valence-corrected chi connectivity index (χ2v) is 7.02. The summed E-state index contributed by atoms with van der Waals surface area (Å²) in [5.41, 5.74) is 0.905. The minimum Gasteiger partial charge on any atom is -0.357 e. The average Bonchev–Trinajstić information content (AvgIpc) is 3.02. The van der Waals surface area contributed by atoms with Gasteiger partial charge in [-0.3, -0.25) is 9.39 Å². The van der Waals surface area contributed by atoms with Gasteiger partial charge in [0.25, 0.3) is 0 Å². The first kappa shape index (κ1) is 20.9. The number of pyridine rings is 1. The summed E-state index contributed by atoms with van der Waals surface area (Å²) in [6.07, 6.45) is 9.04. The van der Waals surface area contributed by atoms with Gasteiger partial charge in [-0.2, -0.15) is 0 Å². The Morgan fingerprint density at radius 1 is 1.31 bits per heavy atom. The fraction of sp³-hybridized carbons (Fsp3) is 0.632. The standard InChI is InChI=1S/C19H30N6.HI/c1-3-20-19(22-16-9-6-8-15(2)14-16)21-12-7-11-18-24-23-17-10-4-5-13-25(17)18;/h4-5,10,13,15-16H,3,6-9,11-12,14H2,1-2H3,(H2,20,21,22);1H. The van der Waals surface area contributed by atoms with E-state index in [0.717, 1.165) is 49.3 Å². The van der Waals surface area contributed by atoms with Gasteiger partial charge in [0.1, 0.15) is 5.82 Å². The van der Waals surface area contributed by atoms with Crippen LogP contribution in [0.25, 0.3) is 5.65 Å². The molecule has 144 valence electrons. The van der Waals surface area contributed by atoms with E-state index < -0.39 is 0 Å². The first-order chi connectivity index (χ1) is 12.3. The molecule has 2 heterocycles. The molecule has 0 spiro atoms. The zero-order valence-corrected chi connectivity index (χ0v) is 18.1. The molecule has 3 rings (SSSR count). The molecule has 0 amide bonds. The summed E-state index contributed by atoms with van der Waals surface area (Å²) in [5.74, 6) is 2.77. The molecule has 0 bridgehead atoms. The highest BCUT2D eigenvalue weighted by Gasteiger charge is 2.19. The van der Waals surface area contributed by atoms with Gasteiger partial charge in [-0.1, -0.05) is 25.8 Å². The van der Waals surface area contributed by atoms with E-state index in [2.05, 4.69) is 39.1 Å². The van der Waals surface area contributed by atoms with Gasteiger partial charge in [0.05, 0.1) is 0 Å². The number of rotatable bonds is 6. The normalized spacial score (nSPS) is 20.6. The number of fused-ring (bicyclic) bond motifs is 1. The lowest BCUT2D eigenvalue weighted by atomic mass is 9.87. The topological polar surface area (TPSA) is 66.6 Å². The van der Waals surface area contributed by atoms with Crippen molar-refractivity contribution in [3.05, 3.63) is 30.2 Å². The van der Waals surface area contributed by atoms with Crippen LogP contribution in [0.4, 0.5) is 0 Å². The summed E-state index contributed by atoms with van der Waals surface area (Å²) in [4.78, 5) is 4.75. The number of aromatic nitrogens is 3. The lowest BCUT2D eigenvalue weighted by Gasteiger charge is -2.28. The quantitative estimate of drug-likeness (QED) is 0.294. The van der Waals surface area contributed by atoms with Crippen molar-refractivity contribution in [2.75, 3.05) is 13.1 Å². The summed E-state index contributed by atoms with van der Waals surface area (Å²) in [7, 11) is 0. The molecule has 7 heteroatoms. The molecule has 2 N–H and O–H groups in total. The van der Waals surface area contributed by atoms with E-state index in [1.165, 1.54) is 25.7 Å². The molecule has 1 saturated carbocycles. The Labute approximate surface area is 173 Å². The van der Waals surface area contributed by atoms with Gasteiger partial charge in [-0.25, -0.2) is 0 Å². The van der Waals surface area contributed by atoms with Gasteiger partial charge in [0, 0.05) is 31.7 Å². The molecule has 1 aliphatic rings. The number of guanidine groups is 1. The molecule has 0 aromatic carbocycles. The lowest BCUT2D eigenvalue weighted by Crippen LogP contribution is -2.45. The van der Waals surface area contributed by atoms with Crippen LogP contribution < -0.4 is 10.6 Å². The maximum absolute atomic E-state index is 4.75. The molecule has 2 aromatic heterocycles. The van der Waals surface area contributed by atoms with Crippen LogP contribution in [0.15, 0.2) is 29.4 Å². The summed E-state index contributed by atoms with van der Waals surface area (Å²) >= 11 is 0. The van der Waals surface area contributed by atoms with E-state index in [1.54, 1.807) is 0 Å². The van der Waals surface area contributed by atoms with Crippen LogP contribution in [-0.4, -0.2) is 39.7 Å². The predicted molar refractivity (Wildman–Crippen MR) is 117 cm³/mol. The van der Waals surface area contributed by atoms with Gasteiger partial charge in [-0.15, -0.1) is 34.2 Å². The predicted octanol–water partition coefficient (Wildman–Crippen LogP) is 3.41. The van der Waals surface area contributed by atoms with Crippen molar-refractivity contribution in [2.45, 2.75) is 58.4 Å². The van der Waals surface area contributed by atoms with Crippen LogP contribution in [0.5, 0.6) is 0 Å². The number of hydrogen-bond acceptors (Lipinski definition) is 3. The summed E-state index contributed by atoms with van der Waals surface area (Å²) < 4.78 is 2.05. The maximum atomic E-state index is 4.75. The third-order valence-electron chi connectivity index (χ3n) is 4.83. The van der Waals surface area contributed by atoms with E-state index in [4.69, 9.17) is 4.99 Å². The first-order valence-electron chi connectivity index (χ1n) is 9.59. The molecule has 26 heavy (non-hydrogen) atoms. The smallest absolute Gasteiger partial charge is 0.191 e. The Balaban J connectivity index is 0.00000243. The maximum Gasteiger partial charge on any atom is 0.191 e. The van der Waals surface area contributed by atoms with Crippen molar-refractivity contribution < 1.29 is 0 Å². The average molecular weight is 470 g/mol. The van der Waals surface area contributed by atoms with Crippen LogP contribution in [0.3, 0.4) is 0 Å². The number of hydrogen-bond donors (Lipinski definition) is 2. The largest absolute Gasteiger partial charge is 0.357 e. The molecule has 0 aliphatic heterocycles. The summed E-state index contributed by atoms with van der Waals surface area (Å²) in [5, 5.41) is 15.5. The third kappa shape index (κ3) is 5.82. The van der Waals surface area contributed by atoms with Crippen molar-refractivity contribution in [1.82, 2.24) is 25.2 Å². The molecule has 2 aromatic rings. The van der Waals surface area contributed by atoms with E-state index in [-0.39, 0.29) is 24.0 Å². The number of halogens is 1. The van der Waals surface area contributed by atoms with E-state index in [9.17, 15) is 0 Å². The third-order valence-corrected chi connectivity index (χ3v) is 4.83. The van der Waals surface area contributed by atoms with Crippen LogP contribution in [0, 0.1) is 5.92 Å². The molecule has 0 radical (unpaired) electrons. The van der Waals surface area contributed by atoms with Crippen molar-refractivity contribution in [2.24, 2.45) is 10.9 Å². The van der Waals surface area contributed by atoms with Crippen LogP contribution >= 0.6 is 24.0 Å². The fourth-order valence-electron chi connectivity index (χ4n) is 3.57. The molecular formula is C19H31IN6. The monoisotopic (exact) mass is 470 g/mol. The van der Waals surface area contributed by atoms with Gasteiger partial charge < -0.3 is 10.6 Å². The van der Waals surface area contributed by atoms with Crippen molar-refractivity contribution in [3.63, 3.8) is 0 Å². The van der Waals surface area contributed by atoms with Gasteiger partial charge in [-0.05, 0) is 44.2 Å². The zero-order valence-electron chi connectivity index (χ0n) is 15.8. The second kappa shape index (κ2) is 10.7. The number of nitrogens with one attached hydrogen (secondary N) is 2. The second-order valence-electron chi connectivity index (χ2n) is 7.02. The number of aliphatic imine (C=N–C) groups is 1. The molecule has 1 aliphatic carbocycles. The van der Waals surface area contributed by atoms with Gasteiger partial charge in [0.2, 0.25) is 0 Å². The number of nitrogens with zero attached hydrogens (tertiary/aromatic N) is 4. The Hall–Kier alpha value is -1.38. The molecule has 0 saturated heterocycles. The Bertz CT molecular complexity index is 698. The zero-order chi connectivity index (χ0) is 17.5.